The highest BCUT2D eigenvalue weighted by atomic mass is 32.2. The molecule has 2 rings (SSSR count). The van der Waals surface area contributed by atoms with E-state index in [9.17, 15) is 8.42 Å². The zero-order valence-electron chi connectivity index (χ0n) is 10.2. The van der Waals surface area contributed by atoms with Crippen molar-refractivity contribution in [3.05, 3.63) is 41.5 Å². The summed E-state index contributed by atoms with van der Waals surface area (Å²) < 4.78 is 26.2. The van der Waals surface area contributed by atoms with Gasteiger partial charge >= 0.3 is 0 Å². The van der Waals surface area contributed by atoms with Crippen molar-refractivity contribution in [1.82, 2.24) is 4.31 Å². The maximum absolute atomic E-state index is 12.3. The molecule has 1 heterocycles. The van der Waals surface area contributed by atoms with Crippen molar-refractivity contribution < 1.29 is 8.42 Å². The lowest BCUT2D eigenvalue weighted by atomic mass is 10.2. The van der Waals surface area contributed by atoms with E-state index in [1.807, 2.05) is 32.1 Å². The number of hydrogen-bond acceptors (Lipinski definition) is 2. The zero-order valence-corrected chi connectivity index (χ0v) is 11.0. The van der Waals surface area contributed by atoms with Gasteiger partial charge in [-0.05, 0) is 32.4 Å². The third kappa shape index (κ3) is 2.42. The highest BCUT2D eigenvalue weighted by molar-refractivity contribution is 7.89. The maximum atomic E-state index is 12.3. The summed E-state index contributed by atoms with van der Waals surface area (Å²) in [6, 6.07) is 7.02. The lowest BCUT2D eigenvalue weighted by molar-refractivity contribution is 0.481. The highest BCUT2D eigenvalue weighted by Gasteiger charge is 2.28. The van der Waals surface area contributed by atoms with Gasteiger partial charge in [0, 0.05) is 13.1 Å². The molecule has 1 aromatic rings. The quantitative estimate of drug-likeness (QED) is 0.757. The van der Waals surface area contributed by atoms with Crippen LogP contribution in [0.1, 0.15) is 18.9 Å². The number of nitrogens with zero attached hydrogens (tertiary/aromatic N) is 1. The zero-order chi connectivity index (χ0) is 12.5. The topological polar surface area (TPSA) is 37.4 Å². The van der Waals surface area contributed by atoms with Gasteiger partial charge in [0.05, 0.1) is 4.90 Å². The predicted molar refractivity (Wildman–Crippen MR) is 68.3 cm³/mol. The Bertz CT molecular complexity index is 529. The first kappa shape index (κ1) is 12.3. The molecule has 0 atom stereocenters. The van der Waals surface area contributed by atoms with Gasteiger partial charge in [0.25, 0.3) is 0 Å². The maximum Gasteiger partial charge on any atom is 0.243 e. The van der Waals surface area contributed by atoms with E-state index in [1.54, 1.807) is 16.4 Å². The van der Waals surface area contributed by atoms with Gasteiger partial charge in [-0.15, -0.1) is 0 Å². The van der Waals surface area contributed by atoms with E-state index in [0.29, 0.717) is 18.0 Å². The normalized spacial score (nSPS) is 20.0. The number of sulfonamides is 1. The molecule has 4 heteroatoms. The van der Waals surface area contributed by atoms with E-state index >= 15 is 0 Å². The number of hydrogen-bond donors (Lipinski definition) is 0. The summed E-state index contributed by atoms with van der Waals surface area (Å²) in [5.41, 5.74) is 2.26. The summed E-state index contributed by atoms with van der Waals surface area (Å²) in [6.45, 7) is 5.03. The molecular weight excluding hydrogens is 234 g/mol. The molecule has 1 aliphatic heterocycles. The van der Waals surface area contributed by atoms with Crippen LogP contribution in [0.25, 0.3) is 0 Å². The Kier molecular flexibility index (Phi) is 3.35. The second-order valence-electron chi connectivity index (χ2n) is 4.35. The molecule has 0 saturated carbocycles. The first-order valence-electron chi connectivity index (χ1n) is 5.75. The number of allylic oxidation sites excluding steroid dienone is 1. The average Bonchev–Trinajstić information content (AvgIpc) is 2.78. The predicted octanol–water partition coefficient (Wildman–Crippen LogP) is 2.34. The summed E-state index contributed by atoms with van der Waals surface area (Å²) in [5, 5.41) is 0. The van der Waals surface area contributed by atoms with E-state index in [4.69, 9.17) is 0 Å². The van der Waals surface area contributed by atoms with Crippen LogP contribution in [0.5, 0.6) is 0 Å². The molecule has 1 saturated heterocycles. The fourth-order valence-corrected chi connectivity index (χ4v) is 3.40. The fraction of sp³-hybridized carbons (Fsp3) is 0.385. The first-order valence-corrected chi connectivity index (χ1v) is 7.19. The molecule has 92 valence electrons. The van der Waals surface area contributed by atoms with Gasteiger partial charge in [-0.1, -0.05) is 29.3 Å². The van der Waals surface area contributed by atoms with Crippen LogP contribution in [0, 0.1) is 6.92 Å². The standard InChI is InChI=1S/C13H17NO2S/c1-3-12-8-9-14(10-12)17(15,16)13-6-4-11(2)5-7-13/h3-7H,8-10H2,1-2H3/b12-3+. The van der Waals surface area contributed by atoms with Gasteiger partial charge in [-0.25, -0.2) is 8.42 Å². The van der Waals surface area contributed by atoms with Crippen LogP contribution in [0.3, 0.4) is 0 Å². The monoisotopic (exact) mass is 251 g/mol. The third-order valence-electron chi connectivity index (χ3n) is 3.13. The number of rotatable bonds is 2. The van der Waals surface area contributed by atoms with Crippen LogP contribution < -0.4 is 0 Å². The van der Waals surface area contributed by atoms with Gasteiger partial charge in [-0.3, -0.25) is 0 Å². The van der Waals surface area contributed by atoms with Crippen molar-refractivity contribution >= 4 is 10.0 Å². The lowest BCUT2D eigenvalue weighted by Crippen LogP contribution is -2.28. The van der Waals surface area contributed by atoms with E-state index < -0.39 is 10.0 Å². The van der Waals surface area contributed by atoms with Crippen LogP contribution in [0.4, 0.5) is 0 Å². The molecule has 0 bridgehead atoms. The molecule has 3 nitrogen and oxygen atoms in total. The molecule has 1 aliphatic rings. The van der Waals surface area contributed by atoms with Crippen LogP contribution >= 0.6 is 0 Å². The van der Waals surface area contributed by atoms with Gasteiger partial charge in [-0.2, -0.15) is 4.31 Å². The van der Waals surface area contributed by atoms with Gasteiger partial charge in [0.2, 0.25) is 10.0 Å². The molecule has 0 amide bonds. The Morgan fingerprint density at radius 3 is 2.41 bits per heavy atom. The molecule has 0 radical (unpaired) electrons. The Balaban J connectivity index is 2.28. The van der Waals surface area contributed by atoms with E-state index in [1.165, 1.54) is 5.57 Å². The summed E-state index contributed by atoms with van der Waals surface area (Å²) >= 11 is 0. The smallest absolute Gasteiger partial charge is 0.207 e. The van der Waals surface area contributed by atoms with Crippen LogP contribution in [0.2, 0.25) is 0 Å². The second-order valence-corrected chi connectivity index (χ2v) is 6.29. The molecule has 0 aromatic heterocycles. The molecule has 0 aliphatic carbocycles. The Hall–Kier alpha value is -1.13. The largest absolute Gasteiger partial charge is 0.243 e. The highest BCUT2D eigenvalue weighted by Crippen LogP contribution is 2.23. The van der Waals surface area contributed by atoms with Crippen molar-refractivity contribution in [3.8, 4) is 0 Å². The summed E-state index contributed by atoms with van der Waals surface area (Å²) in [6.07, 6.45) is 2.85. The fourth-order valence-electron chi connectivity index (χ4n) is 1.95. The second kappa shape index (κ2) is 4.63. The van der Waals surface area contributed by atoms with Crippen molar-refractivity contribution in [2.75, 3.05) is 13.1 Å². The summed E-state index contributed by atoms with van der Waals surface area (Å²) in [4.78, 5) is 0.389. The van der Waals surface area contributed by atoms with E-state index in [0.717, 1.165) is 12.0 Å². The molecule has 0 unspecified atom stereocenters. The van der Waals surface area contributed by atoms with E-state index in [-0.39, 0.29) is 0 Å². The average molecular weight is 251 g/mol. The molecule has 0 N–H and O–H groups in total. The summed E-state index contributed by atoms with van der Waals surface area (Å²) in [5.74, 6) is 0. The SMILES string of the molecule is C/C=C1\CCN(S(=O)(=O)c2ccc(C)cc2)C1. The lowest BCUT2D eigenvalue weighted by Gasteiger charge is -2.15. The third-order valence-corrected chi connectivity index (χ3v) is 4.99. The van der Waals surface area contributed by atoms with E-state index in [2.05, 4.69) is 0 Å². The Morgan fingerprint density at radius 1 is 1.24 bits per heavy atom. The van der Waals surface area contributed by atoms with Crippen LogP contribution in [0.15, 0.2) is 40.8 Å². The molecule has 0 spiro atoms. The Morgan fingerprint density at radius 2 is 1.88 bits per heavy atom. The molecular formula is C13H17NO2S. The molecule has 1 fully saturated rings. The number of aryl methyl sites for hydroxylation is 1. The van der Waals surface area contributed by atoms with Gasteiger partial charge < -0.3 is 0 Å². The Labute approximate surface area is 103 Å². The molecule has 17 heavy (non-hydrogen) atoms. The minimum Gasteiger partial charge on any atom is -0.207 e. The van der Waals surface area contributed by atoms with Crippen molar-refractivity contribution in [3.63, 3.8) is 0 Å². The van der Waals surface area contributed by atoms with Crippen LogP contribution in [-0.2, 0) is 10.0 Å². The minimum absolute atomic E-state index is 0.389. The number of benzene rings is 1. The van der Waals surface area contributed by atoms with Crippen molar-refractivity contribution in [2.24, 2.45) is 0 Å². The van der Waals surface area contributed by atoms with Crippen molar-refractivity contribution in [2.45, 2.75) is 25.2 Å². The molecule has 1 aromatic carbocycles. The van der Waals surface area contributed by atoms with Gasteiger partial charge in [0.1, 0.15) is 0 Å². The first-order chi connectivity index (χ1) is 8.04. The summed E-state index contributed by atoms with van der Waals surface area (Å²) in [7, 11) is -3.31. The van der Waals surface area contributed by atoms with Gasteiger partial charge in [0.15, 0.2) is 0 Å². The van der Waals surface area contributed by atoms with Crippen molar-refractivity contribution in [1.29, 1.82) is 0 Å². The van der Waals surface area contributed by atoms with Crippen LogP contribution in [-0.4, -0.2) is 25.8 Å². The minimum atomic E-state index is -3.31.